The van der Waals surface area contributed by atoms with Gasteiger partial charge in [0.1, 0.15) is 28.7 Å². The van der Waals surface area contributed by atoms with Crippen LogP contribution in [0.5, 0.6) is 11.5 Å². The molecule has 37 heavy (non-hydrogen) atoms. The van der Waals surface area contributed by atoms with Gasteiger partial charge < -0.3 is 24.1 Å². The van der Waals surface area contributed by atoms with Gasteiger partial charge in [-0.2, -0.15) is 0 Å². The Hall–Kier alpha value is -3.83. The summed E-state index contributed by atoms with van der Waals surface area (Å²) in [4.78, 5) is 25.3. The Morgan fingerprint density at radius 2 is 1.84 bits per heavy atom. The highest BCUT2D eigenvalue weighted by atomic mass is 32.2. The number of carbonyl (C=O) groups excluding carboxylic acids is 2. The average Bonchev–Trinajstić information content (AvgIpc) is 3.49. The average molecular weight is 539 g/mol. The number of nitrogens with one attached hydrogen (secondary N) is 1. The second-order valence-corrected chi connectivity index (χ2v) is 9.74. The third-order valence-electron chi connectivity index (χ3n) is 5.54. The number of esters is 1. The molecule has 1 amide bonds. The highest BCUT2D eigenvalue weighted by Gasteiger charge is 2.23. The zero-order chi connectivity index (χ0) is 26.4. The Morgan fingerprint density at radius 1 is 1.08 bits per heavy atom. The number of hydrogen-bond acceptors (Lipinski definition) is 9. The van der Waals surface area contributed by atoms with Crippen molar-refractivity contribution in [1.29, 1.82) is 0 Å². The van der Waals surface area contributed by atoms with Gasteiger partial charge in [-0.1, -0.05) is 42.1 Å². The number of para-hydroxylation sites is 1. The minimum atomic E-state index is -0.526. The highest BCUT2D eigenvalue weighted by Crippen LogP contribution is 2.37. The van der Waals surface area contributed by atoms with E-state index in [0.29, 0.717) is 32.9 Å². The fourth-order valence-corrected chi connectivity index (χ4v) is 5.19. The molecule has 4 rings (SSSR count). The Labute approximate surface area is 222 Å². The summed E-state index contributed by atoms with van der Waals surface area (Å²) in [6, 6.07) is 15.1. The molecule has 2 aromatic carbocycles. The SMILES string of the molecule is COC(=O)c1c(-c2ccc(OC)cc2)csc1NC(=O)CSc1nnc(COc2ccccc2C)n1C. The van der Waals surface area contributed by atoms with E-state index in [9.17, 15) is 9.59 Å². The van der Waals surface area contributed by atoms with Gasteiger partial charge in [-0.3, -0.25) is 4.79 Å². The van der Waals surface area contributed by atoms with Crippen molar-refractivity contribution in [2.24, 2.45) is 7.05 Å². The predicted octanol–water partition coefficient (Wildman–Crippen LogP) is 4.96. The monoisotopic (exact) mass is 538 g/mol. The van der Waals surface area contributed by atoms with Crippen molar-refractivity contribution in [3.63, 3.8) is 0 Å². The van der Waals surface area contributed by atoms with E-state index in [1.165, 1.54) is 30.2 Å². The number of anilines is 1. The molecule has 11 heteroatoms. The smallest absolute Gasteiger partial charge is 0.341 e. The van der Waals surface area contributed by atoms with Gasteiger partial charge >= 0.3 is 5.97 Å². The number of aryl methyl sites for hydroxylation is 1. The summed E-state index contributed by atoms with van der Waals surface area (Å²) in [6.45, 7) is 2.23. The van der Waals surface area contributed by atoms with Crippen molar-refractivity contribution in [2.45, 2.75) is 18.7 Å². The number of ether oxygens (including phenoxy) is 3. The van der Waals surface area contributed by atoms with Crippen LogP contribution in [-0.4, -0.2) is 46.6 Å². The lowest BCUT2D eigenvalue weighted by Gasteiger charge is -2.09. The van der Waals surface area contributed by atoms with Crippen LogP contribution in [0.1, 0.15) is 21.7 Å². The number of methoxy groups -OCH3 is 2. The van der Waals surface area contributed by atoms with Crippen LogP contribution >= 0.6 is 23.1 Å². The van der Waals surface area contributed by atoms with Gasteiger partial charge in [0.25, 0.3) is 0 Å². The van der Waals surface area contributed by atoms with Gasteiger partial charge in [0.2, 0.25) is 5.91 Å². The van der Waals surface area contributed by atoms with E-state index in [4.69, 9.17) is 14.2 Å². The highest BCUT2D eigenvalue weighted by molar-refractivity contribution is 7.99. The Balaban J connectivity index is 1.41. The Morgan fingerprint density at radius 3 is 2.54 bits per heavy atom. The van der Waals surface area contributed by atoms with E-state index in [-0.39, 0.29) is 18.3 Å². The third kappa shape index (κ3) is 6.12. The van der Waals surface area contributed by atoms with Crippen molar-refractivity contribution in [2.75, 3.05) is 25.3 Å². The molecule has 0 saturated heterocycles. The maximum atomic E-state index is 12.8. The summed E-state index contributed by atoms with van der Waals surface area (Å²) >= 11 is 2.51. The molecule has 192 valence electrons. The molecule has 1 N–H and O–H groups in total. The number of carbonyl (C=O) groups is 2. The second kappa shape index (κ2) is 11.9. The molecule has 0 spiro atoms. The summed E-state index contributed by atoms with van der Waals surface area (Å²) in [5.74, 6) is 1.41. The quantitative estimate of drug-likeness (QED) is 0.223. The minimum Gasteiger partial charge on any atom is -0.497 e. The van der Waals surface area contributed by atoms with Crippen LogP contribution in [-0.2, 0) is 23.2 Å². The first kappa shape index (κ1) is 26.2. The van der Waals surface area contributed by atoms with E-state index in [0.717, 1.165) is 16.9 Å². The molecule has 4 aromatic rings. The summed E-state index contributed by atoms with van der Waals surface area (Å²) in [5.41, 5.74) is 2.83. The second-order valence-electron chi connectivity index (χ2n) is 7.92. The molecule has 0 saturated carbocycles. The van der Waals surface area contributed by atoms with Crippen molar-refractivity contribution in [3.8, 4) is 22.6 Å². The van der Waals surface area contributed by atoms with Gasteiger partial charge in [0.15, 0.2) is 11.0 Å². The molecular weight excluding hydrogens is 512 g/mol. The van der Waals surface area contributed by atoms with Crippen LogP contribution < -0.4 is 14.8 Å². The largest absolute Gasteiger partial charge is 0.497 e. The van der Waals surface area contributed by atoms with E-state index in [2.05, 4.69) is 15.5 Å². The first-order valence-corrected chi connectivity index (χ1v) is 13.1. The summed E-state index contributed by atoms with van der Waals surface area (Å²) in [5, 5.41) is 14.0. The minimum absolute atomic E-state index is 0.0843. The number of aromatic nitrogens is 3. The van der Waals surface area contributed by atoms with Crippen molar-refractivity contribution in [3.05, 3.63) is 70.9 Å². The molecule has 0 aliphatic rings. The molecular formula is C26H26N4O5S2. The molecule has 2 heterocycles. The standard InChI is InChI=1S/C26H26N4O5S2/c1-16-7-5-6-8-20(16)35-13-21-28-29-26(30(21)2)37-15-22(31)27-24-23(25(32)34-4)19(14-36-24)17-9-11-18(33-3)12-10-17/h5-12,14H,13,15H2,1-4H3,(H,27,31). The number of rotatable bonds is 10. The molecule has 0 fully saturated rings. The fraction of sp³-hybridized carbons (Fsp3) is 0.231. The van der Waals surface area contributed by atoms with E-state index < -0.39 is 5.97 Å². The molecule has 0 unspecified atom stereocenters. The van der Waals surface area contributed by atoms with Crippen LogP contribution in [0.4, 0.5) is 5.00 Å². The maximum absolute atomic E-state index is 12.8. The van der Waals surface area contributed by atoms with Crippen LogP contribution in [0.15, 0.2) is 59.1 Å². The van der Waals surface area contributed by atoms with Crippen molar-refractivity contribution < 1.29 is 23.8 Å². The van der Waals surface area contributed by atoms with Crippen LogP contribution in [0, 0.1) is 6.92 Å². The van der Waals surface area contributed by atoms with Crippen LogP contribution in [0.3, 0.4) is 0 Å². The van der Waals surface area contributed by atoms with Crippen molar-refractivity contribution >= 4 is 40.0 Å². The van der Waals surface area contributed by atoms with Gasteiger partial charge in [-0.05, 0) is 36.2 Å². The molecule has 0 radical (unpaired) electrons. The van der Waals surface area contributed by atoms with E-state index >= 15 is 0 Å². The lowest BCUT2D eigenvalue weighted by atomic mass is 10.0. The number of thiophene rings is 1. The van der Waals surface area contributed by atoms with E-state index in [1.807, 2.05) is 67.9 Å². The molecule has 9 nitrogen and oxygen atoms in total. The molecule has 0 aliphatic heterocycles. The number of thioether (sulfide) groups is 1. The summed E-state index contributed by atoms with van der Waals surface area (Å²) in [7, 11) is 4.73. The third-order valence-corrected chi connectivity index (χ3v) is 7.46. The van der Waals surface area contributed by atoms with Gasteiger partial charge in [-0.15, -0.1) is 21.5 Å². The van der Waals surface area contributed by atoms with Crippen LogP contribution in [0.25, 0.3) is 11.1 Å². The molecule has 0 bridgehead atoms. The summed E-state index contributed by atoms with van der Waals surface area (Å²) < 4.78 is 17.8. The lowest BCUT2D eigenvalue weighted by molar-refractivity contribution is -0.113. The number of benzene rings is 2. The summed E-state index contributed by atoms with van der Waals surface area (Å²) in [6.07, 6.45) is 0. The predicted molar refractivity (Wildman–Crippen MR) is 144 cm³/mol. The van der Waals surface area contributed by atoms with Gasteiger partial charge in [-0.25, -0.2) is 4.79 Å². The topological polar surface area (TPSA) is 105 Å². The first-order valence-electron chi connectivity index (χ1n) is 11.2. The first-order chi connectivity index (χ1) is 17.9. The van der Waals surface area contributed by atoms with Gasteiger partial charge in [0, 0.05) is 18.0 Å². The Bertz CT molecular complexity index is 1400. The zero-order valence-corrected chi connectivity index (χ0v) is 22.4. The molecule has 0 aliphatic carbocycles. The Kier molecular flexibility index (Phi) is 8.47. The molecule has 0 atom stereocenters. The lowest BCUT2D eigenvalue weighted by Crippen LogP contribution is -2.16. The van der Waals surface area contributed by atoms with Gasteiger partial charge in [0.05, 0.1) is 20.0 Å². The number of amides is 1. The normalized spacial score (nSPS) is 10.7. The fourth-order valence-electron chi connectivity index (χ4n) is 3.49. The van der Waals surface area contributed by atoms with Crippen LogP contribution in [0.2, 0.25) is 0 Å². The number of hydrogen-bond donors (Lipinski definition) is 1. The maximum Gasteiger partial charge on any atom is 0.341 e. The zero-order valence-electron chi connectivity index (χ0n) is 20.8. The van der Waals surface area contributed by atoms with E-state index in [1.54, 1.807) is 11.7 Å². The van der Waals surface area contributed by atoms with Crippen molar-refractivity contribution in [1.82, 2.24) is 14.8 Å². The molecule has 2 aromatic heterocycles. The number of nitrogens with zero attached hydrogens (tertiary/aromatic N) is 3.